The van der Waals surface area contributed by atoms with E-state index in [1.807, 2.05) is 6.92 Å². The quantitative estimate of drug-likeness (QED) is 0.815. The summed E-state index contributed by atoms with van der Waals surface area (Å²) in [6.07, 6.45) is 2.98. The van der Waals surface area contributed by atoms with E-state index in [2.05, 4.69) is 10.4 Å². The lowest BCUT2D eigenvalue weighted by Crippen LogP contribution is -2.09. The first-order valence-electron chi connectivity index (χ1n) is 6.97. The molecule has 0 atom stereocenters. The number of rotatable bonds is 5. The van der Waals surface area contributed by atoms with Gasteiger partial charge >= 0.3 is 0 Å². The van der Waals surface area contributed by atoms with E-state index in [0.717, 1.165) is 5.69 Å². The van der Waals surface area contributed by atoms with Gasteiger partial charge in [-0.2, -0.15) is 5.10 Å². The van der Waals surface area contributed by atoms with Gasteiger partial charge in [0.1, 0.15) is 16.7 Å². The normalized spacial score (nSPS) is 10.9. The summed E-state index contributed by atoms with van der Waals surface area (Å²) in [4.78, 5) is 12.2. The maximum atomic E-state index is 12.2. The second-order valence-corrected chi connectivity index (χ2v) is 5.69. The van der Waals surface area contributed by atoms with Gasteiger partial charge in [-0.05, 0) is 13.0 Å². The molecule has 0 aliphatic rings. The average Bonchev–Trinajstić information content (AvgIpc) is 2.79. The molecule has 0 aliphatic carbocycles. The van der Waals surface area contributed by atoms with Gasteiger partial charge in [-0.15, -0.1) is 0 Å². The number of carbonyl (C=O) groups is 1. The number of ether oxygens (including phenoxy) is 2. The Balaban J connectivity index is 2.22. The third kappa shape index (κ3) is 3.83. The zero-order valence-electron chi connectivity index (χ0n) is 13.7. The lowest BCUT2D eigenvalue weighted by atomic mass is 10.2. The highest BCUT2D eigenvalue weighted by molar-refractivity contribution is 6.32. The average molecular weight is 370 g/mol. The Morgan fingerprint density at radius 2 is 1.92 bits per heavy atom. The fourth-order valence-corrected chi connectivity index (χ4v) is 2.60. The van der Waals surface area contributed by atoms with Crippen molar-refractivity contribution in [1.82, 2.24) is 9.78 Å². The van der Waals surface area contributed by atoms with Gasteiger partial charge < -0.3 is 14.8 Å². The van der Waals surface area contributed by atoms with Crippen LogP contribution >= 0.6 is 23.2 Å². The third-order valence-corrected chi connectivity index (χ3v) is 4.07. The highest BCUT2D eigenvalue weighted by Gasteiger charge is 2.12. The van der Waals surface area contributed by atoms with Crippen molar-refractivity contribution in [3.63, 3.8) is 0 Å². The molecule has 1 aromatic carbocycles. The van der Waals surface area contributed by atoms with Crippen LogP contribution in [0, 0.1) is 6.92 Å². The first-order chi connectivity index (χ1) is 11.4. The van der Waals surface area contributed by atoms with Crippen molar-refractivity contribution >= 4 is 40.9 Å². The number of carbonyl (C=O) groups excluding carboxylic acids is 1. The molecule has 1 aromatic heterocycles. The maximum Gasteiger partial charge on any atom is 0.248 e. The monoisotopic (exact) mass is 369 g/mol. The van der Waals surface area contributed by atoms with Crippen molar-refractivity contribution in [2.45, 2.75) is 6.92 Å². The van der Waals surface area contributed by atoms with Gasteiger partial charge in [-0.25, -0.2) is 0 Å². The van der Waals surface area contributed by atoms with Crippen LogP contribution in [-0.2, 0) is 11.8 Å². The van der Waals surface area contributed by atoms with Gasteiger partial charge in [0.25, 0.3) is 0 Å². The summed E-state index contributed by atoms with van der Waals surface area (Å²) < 4.78 is 11.9. The molecule has 2 aromatic rings. The molecule has 0 spiro atoms. The molecule has 0 bridgehead atoms. The minimum atomic E-state index is -0.350. The van der Waals surface area contributed by atoms with Crippen LogP contribution in [0.1, 0.15) is 11.3 Å². The molecule has 128 valence electrons. The second kappa shape index (κ2) is 7.59. The fraction of sp³-hybridized carbons (Fsp3) is 0.250. The molecular formula is C16H17Cl2N3O3. The Morgan fingerprint density at radius 3 is 2.46 bits per heavy atom. The van der Waals surface area contributed by atoms with Crippen LogP contribution in [0.5, 0.6) is 11.5 Å². The van der Waals surface area contributed by atoms with Crippen LogP contribution in [0.3, 0.4) is 0 Å². The van der Waals surface area contributed by atoms with E-state index in [9.17, 15) is 4.79 Å². The van der Waals surface area contributed by atoms with Crippen molar-refractivity contribution in [1.29, 1.82) is 0 Å². The van der Waals surface area contributed by atoms with Crippen molar-refractivity contribution in [2.24, 2.45) is 7.05 Å². The molecule has 2 rings (SSSR count). The number of hydrogen-bond donors (Lipinski definition) is 1. The van der Waals surface area contributed by atoms with Gasteiger partial charge in [0, 0.05) is 30.8 Å². The number of nitrogens with one attached hydrogen (secondary N) is 1. The number of methoxy groups -OCH3 is 2. The molecule has 0 unspecified atom stereocenters. The Bertz CT molecular complexity index is 800. The smallest absolute Gasteiger partial charge is 0.248 e. The minimum absolute atomic E-state index is 0.350. The molecule has 0 fully saturated rings. The maximum absolute atomic E-state index is 12.2. The topological polar surface area (TPSA) is 65.4 Å². The Labute approximate surface area is 150 Å². The van der Waals surface area contributed by atoms with E-state index < -0.39 is 0 Å². The van der Waals surface area contributed by atoms with E-state index in [-0.39, 0.29) is 5.91 Å². The number of hydrogen-bond acceptors (Lipinski definition) is 4. The molecule has 8 heteroatoms. The first kappa shape index (κ1) is 18.2. The summed E-state index contributed by atoms with van der Waals surface area (Å²) in [5, 5.41) is 7.75. The molecule has 0 saturated carbocycles. The van der Waals surface area contributed by atoms with Gasteiger partial charge in [0.15, 0.2) is 0 Å². The molecule has 0 radical (unpaired) electrons. The first-order valence-corrected chi connectivity index (χ1v) is 7.72. The van der Waals surface area contributed by atoms with Crippen LogP contribution in [-0.4, -0.2) is 29.9 Å². The van der Waals surface area contributed by atoms with Crippen molar-refractivity contribution in [3.8, 4) is 11.5 Å². The van der Waals surface area contributed by atoms with E-state index in [1.54, 1.807) is 29.9 Å². The van der Waals surface area contributed by atoms with Crippen molar-refractivity contribution < 1.29 is 14.3 Å². The standard InChI is InChI=1S/C16H17Cl2N3O3/c1-9-10(16(18)21(2)20-9)5-6-15(22)19-12-8-13(23-3)11(17)7-14(12)24-4/h5-8H,1-4H3,(H,19,22)/b6-5+. The molecule has 1 heterocycles. The van der Waals surface area contributed by atoms with Gasteiger partial charge in [-0.1, -0.05) is 23.2 Å². The van der Waals surface area contributed by atoms with Gasteiger partial charge in [-0.3, -0.25) is 9.48 Å². The molecule has 24 heavy (non-hydrogen) atoms. The number of amides is 1. The summed E-state index contributed by atoms with van der Waals surface area (Å²) in [6.45, 7) is 1.82. The third-order valence-electron chi connectivity index (χ3n) is 3.33. The van der Waals surface area contributed by atoms with Crippen LogP contribution in [0.4, 0.5) is 5.69 Å². The van der Waals surface area contributed by atoms with Crippen LogP contribution in [0.25, 0.3) is 6.08 Å². The zero-order valence-corrected chi connectivity index (χ0v) is 15.2. The summed E-state index contributed by atoms with van der Waals surface area (Å²) >= 11 is 12.2. The highest BCUT2D eigenvalue weighted by Crippen LogP contribution is 2.35. The summed E-state index contributed by atoms with van der Waals surface area (Å²) in [7, 11) is 4.71. The second-order valence-electron chi connectivity index (χ2n) is 4.92. The van der Waals surface area contributed by atoms with E-state index >= 15 is 0 Å². The van der Waals surface area contributed by atoms with Crippen molar-refractivity contribution in [2.75, 3.05) is 19.5 Å². The fourth-order valence-electron chi connectivity index (χ4n) is 2.13. The number of halogens is 2. The molecule has 1 amide bonds. The van der Waals surface area contributed by atoms with E-state index in [4.69, 9.17) is 32.7 Å². The molecular weight excluding hydrogens is 353 g/mol. The lowest BCUT2D eigenvalue weighted by Gasteiger charge is -2.12. The Hall–Kier alpha value is -2.18. The molecule has 0 aliphatic heterocycles. The highest BCUT2D eigenvalue weighted by atomic mass is 35.5. The number of benzene rings is 1. The summed E-state index contributed by atoms with van der Waals surface area (Å²) in [5.41, 5.74) is 1.87. The molecule has 0 saturated heterocycles. The summed E-state index contributed by atoms with van der Waals surface area (Å²) in [5.74, 6) is 0.512. The van der Waals surface area contributed by atoms with Crippen molar-refractivity contribution in [3.05, 3.63) is 39.6 Å². The SMILES string of the molecule is COc1cc(NC(=O)/C=C/c2c(C)nn(C)c2Cl)c(OC)cc1Cl. The Morgan fingerprint density at radius 1 is 1.25 bits per heavy atom. The number of anilines is 1. The minimum Gasteiger partial charge on any atom is -0.495 e. The van der Waals surface area contributed by atoms with E-state index in [1.165, 1.54) is 20.3 Å². The zero-order chi connectivity index (χ0) is 17.9. The molecule has 6 nitrogen and oxygen atoms in total. The lowest BCUT2D eigenvalue weighted by molar-refractivity contribution is -0.111. The Kier molecular flexibility index (Phi) is 5.75. The number of aryl methyl sites for hydroxylation is 2. The predicted molar refractivity (Wildman–Crippen MR) is 95.2 cm³/mol. The van der Waals surface area contributed by atoms with E-state index in [0.29, 0.717) is 32.9 Å². The summed E-state index contributed by atoms with van der Waals surface area (Å²) in [6, 6.07) is 3.16. The largest absolute Gasteiger partial charge is 0.495 e. The molecule has 1 N–H and O–H groups in total. The predicted octanol–water partition coefficient (Wildman–Crippen LogP) is 3.70. The van der Waals surface area contributed by atoms with Gasteiger partial charge in [0.2, 0.25) is 5.91 Å². The van der Waals surface area contributed by atoms with Crippen LogP contribution in [0.2, 0.25) is 10.2 Å². The number of aromatic nitrogens is 2. The van der Waals surface area contributed by atoms with Crippen LogP contribution < -0.4 is 14.8 Å². The number of nitrogens with zero attached hydrogens (tertiary/aromatic N) is 2. The van der Waals surface area contributed by atoms with Gasteiger partial charge in [0.05, 0.1) is 30.6 Å². The van der Waals surface area contributed by atoms with Crippen LogP contribution in [0.15, 0.2) is 18.2 Å².